The first kappa shape index (κ1) is 14.7. The van der Waals surface area contributed by atoms with Crippen LogP contribution in [0.2, 0.25) is 0 Å². The Balaban J connectivity index is 2.63. The van der Waals surface area contributed by atoms with Crippen molar-refractivity contribution in [1.82, 2.24) is 9.97 Å². The van der Waals surface area contributed by atoms with Gasteiger partial charge in [-0.25, -0.2) is 9.97 Å². The van der Waals surface area contributed by atoms with Gasteiger partial charge in [0.2, 0.25) is 0 Å². The Hall–Kier alpha value is -1.32. The van der Waals surface area contributed by atoms with Crippen molar-refractivity contribution < 1.29 is 0 Å². The third-order valence-electron chi connectivity index (χ3n) is 2.43. The minimum absolute atomic E-state index is 0.0142. The molecule has 0 amide bonds. The SMILES string of the molecule is CCCCCNc1cc(NC(C)(C)C)nc(C)n1. The zero-order valence-corrected chi connectivity index (χ0v) is 12.3. The van der Waals surface area contributed by atoms with Gasteiger partial charge in [-0.05, 0) is 34.1 Å². The van der Waals surface area contributed by atoms with E-state index in [1.165, 1.54) is 19.3 Å². The molecule has 0 atom stereocenters. The van der Waals surface area contributed by atoms with Gasteiger partial charge in [0.15, 0.2) is 0 Å². The maximum Gasteiger partial charge on any atom is 0.132 e. The van der Waals surface area contributed by atoms with E-state index >= 15 is 0 Å². The van der Waals surface area contributed by atoms with Gasteiger partial charge >= 0.3 is 0 Å². The number of rotatable bonds is 6. The quantitative estimate of drug-likeness (QED) is 0.757. The third-order valence-corrected chi connectivity index (χ3v) is 2.43. The molecule has 1 heterocycles. The molecule has 0 bridgehead atoms. The smallest absolute Gasteiger partial charge is 0.132 e. The number of anilines is 2. The molecule has 102 valence electrons. The molecule has 0 saturated heterocycles. The van der Waals surface area contributed by atoms with E-state index in [4.69, 9.17) is 0 Å². The van der Waals surface area contributed by atoms with E-state index in [2.05, 4.69) is 48.3 Å². The van der Waals surface area contributed by atoms with Crippen molar-refractivity contribution in [3.63, 3.8) is 0 Å². The molecule has 0 radical (unpaired) electrons. The first-order chi connectivity index (χ1) is 8.40. The van der Waals surface area contributed by atoms with E-state index in [0.717, 1.165) is 24.0 Å². The van der Waals surface area contributed by atoms with Crippen LogP contribution in [-0.4, -0.2) is 22.1 Å². The monoisotopic (exact) mass is 250 g/mol. The second kappa shape index (κ2) is 6.57. The fourth-order valence-electron chi connectivity index (χ4n) is 1.70. The van der Waals surface area contributed by atoms with Crippen LogP contribution < -0.4 is 10.6 Å². The van der Waals surface area contributed by atoms with E-state index in [9.17, 15) is 0 Å². The van der Waals surface area contributed by atoms with Crippen molar-refractivity contribution in [3.05, 3.63) is 11.9 Å². The summed E-state index contributed by atoms with van der Waals surface area (Å²) in [5.41, 5.74) is 0.0142. The fraction of sp³-hybridized carbons (Fsp3) is 0.714. The third kappa shape index (κ3) is 5.84. The van der Waals surface area contributed by atoms with Gasteiger partial charge in [-0.1, -0.05) is 19.8 Å². The first-order valence-electron chi connectivity index (χ1n) is 6.78. The summed E-state index contributed by atoms with van der Waals surface area (Å²) >= 11 is 0. The summed E-state index contributed by atoms with van der Waals surface area (Å²) in [5.74, 6) is 2.58. The molecule has 1 aromatic heterocycles. The predicted molar refractivity (Wildman–Crippen MR) is 78.2 cm³/mol. The zero-order chi connectivity index (χ0) is 13.6. The van der Waals surface area contributed by atoms with Crippen molar-refractivity contribution in [2.24, 2.45) is 0 Å². The highest BCUT2D eigenvalue weighted by Crippen LogP contribution is 2.16. The molecular weight excluding hydrogens is 224 g/mol. The topological polar surface area (TPSA) is 49.8 Å². The van der Waals surface area contributed by atoms with Gasteiger partial charge in [-0.15, -0.1) is 0 Å². The van der Waals surface area contributed by atoms with Crippen LogP contribution in [-0.2, 0) is 0 Å². The fourth-order valence-corrected chi connectivity index (χ4v) is 1.70. The van der Waals surface area contributed by atoms with Crippen LogP contribution in [0.5, 0.6) is 0 Å². The Morgan fingerprint density at radius 3 is 2.39 bits per heavy atom. The maximum atomic E-state index is 4.40. The van der Waals surface area contributed by atoms with Crippen molar-refractivity contribution in [3.8, 4) is 0 Å². The average Bonchev–Trinajstić information content (AvgIpc) is 2.21. The number of hydrogen-bond donors (Lipinski definition) is 2. The van der Waals surface area contributed by atoms with Gasteiger partial charge in [-0.3, -0.25) is 0 Å². The van der Waals surface area contributed by atoms with Gasteiger partial charge in [0.05, 0.1) is 0 Å². The summed E-state index contributed by atoms with van der Waals surface area (Å²) in [6.45, 7) is 11.5. The lowest BCUT2D eigenvalue weighted by molar-refractivity contribution is 0.629. The van der Waals surface area contributed by atoms with Crippen LogP contribution >= 0.6 is 0 Å². The van der Waals surface area contributed by atoms with Crippen molar-refractivity contribution in [2.75, 3.05) is 17.2 Å². The van der Waals surface area contributed by atoms with Crippen LogP contribution in [0.25, 0.3) is 0 Å². The number of unbranched alkanes of at least 4 members (excludes halogenated alkanes) is 2. The van der Waals surface area contributed by atoms with Crippen LogP contribution in [0.15, 0.2) is 6.07 Å². The molecule has 1 rings (SSSR count). The highest BCUT2D eigenvalue weighted by Gasteiger charge is 2.11. The van der Waals surface area contributed by atoms with Gasteiger partial charge in [0.1, 0.15) is 17.5 Å². The van der Waals surface area contributed by atoms with Crippen molar-refractivity contribution in [1.29, 1.82) is 0 Å². The van der Waals surface area contributed by atoms with E-state index in [1.807, 2.05) is 13.0 Å². The molecule has 0 unspecified atom stereocenters. The van der Waals surface area contributed by atoms with E-state index in [0.29, 0.717) is 0 Å². The molecule has 2 N–H and O–H groups in total. The molecule has 0 aliphatic rings. The highest BCUT2D eigenvalue weighted by atomic mass is 15.1. The second-order valence-electron chi connectivity index (χ2n) is 5.69. The van der Waals surface area contributed by atoms with Gasteiger partial charge in [-0.2, -0.15) is 0 Å². The van der Waals surface area contributed by atoms with E-state index < -0.39 is 0 Å². The van der Waals surface area contributed by atoms with Crippen molar-refractivity contribution >= 4 is 11.6 Å². The molecule has 0 aromatic carbocycles. The Labute approximate surface area is 111 Å². The molecule has 4 heteroatoms. The molecule has 0 aliphatic heterocycles. The Bertz CT molecular complexity index is 369. The molecule has 0 spiro atoms. The summed E-state index contributed by atoms with van der Waals surface area (Å²) in [6.07, 6.45) is 3.67. The Morgan fingerprint density at radius 1 is 1.11 bits per heavy atom. The Kier molecular flexibility index (Phi) is 5.38. The molecule has 18 heavy (non-hydrogen) atoms. The highest BCUT2D eigenvalue weighted by molar-refractivity contribution is 5.48. The zero-order valence-electron chi connectivity index (χ0n) is 12.3. The molecule has 0 aliphatic carbocycles. The van der Waals surface area contributed by atoms with Gasteiger partial charge in [0, 0.05) is 18.2 Å². The van der Waals surface area contributed by atoms with Crippen LogP contribution in [0, 0.1) is 6.92 Å². The number of nitrogens with one attached hydrogen (secondary N) is 2. The largest absolute Gasteiger partial charge is 0.370 e. The van der Waals surface area contributed by atoms with Crippen LogP contribution in [0.4, 0.5) is 11.6 Å². The standard InChI is InChI=1S/C14H26N4/c1-6-7-8-9-15-12-10-13(17-11(2)16-12)18-14(3,4)5/h10H,6-9H2,1-5H3,(H2,15,16,17,18). The summed E-state index contributed by atoms with van der Waals surface area (Å²) < 4.78 is 0. The van der Waals surface area contributed by atoms with Gasteiger partial charge < -0.3 is 10.6 Å². The minimum Gasteiger partial charge on any atom is -0.370 e. The number of aryl methyl sites for hydroxylation is 1. The lowest BCUT2D eigenvalue weighted by Gasteiger charge is -2.21. The molecule has 0 saturated carbocycles. The average molecular weight is 250 g/mol. The normalized spacial score (nSPS) is 11.4. The van der Waals surface area contributed by atoms with Crippen LogP contribution in [0.3, 0.4) is 0 Å². The summed E-state index contributed by atoms with van der Waals surface area (Å²) in [4.78, 5) is 8.80. The number of aromatic nitrogens is 2. The molecule has 0 fully saturated rings. The van der Waals surface area contributed by atoms with Crippen LogP contribution in [0.1, 0.15) is 52.8 Å². The predicted octanol–water partition coefficient (Wildman–Crippen LogP) is 3.60. The summed E-state index contributed by atoms with van der Waals surface area (Å²) in [5, 5.41) is 6.73. The molecule has 1 aromatic rings. The second-order valence-corrected chi connectivity index (χ2v) is 5.69. The lowest BCUT2D eigenvalue weighted by atomic mass is 10.1. The summed E-state index contributed by atoms with van der Waals surface area (Å²) in [7, 11) is 0. The van der Waals surface area contributed by atoms with E-state index in [-0.39, 0.29) is 5.54 Å². The summed E-state index contributed by atoms with van der Waals surface area (Å²) in [6, 6.07) is 1.98. The lowest BCUT2D eigenvalue weighted by Crippen LogP contribution is -2.27. The first-order valence-corrected chi connectivity index (χ1v) is 6.78. The van der Waals surface area contributed by atoms with Crippen molar-refractivity contribution in [2.45, 2.75) is 59.4 Å². The molecule has 4 nitrogen and oxygen atoms in total. The number of hydrogen-bond acceptors (Lipinski definition) is 4. The van der Waals surface area contributed by atoms with Gasteiger partial charge in [0.25, 0.3) is 0 Å². The Morgan fingerprint density at radius 2 is 1.78 bits per heavy atom. The van der Waals surface area contributed by atoms with E-state index in [1.54, 1.807) is 0 Å². The minimum atomic E-state index is 0.0142. The maximum absolute atomic E-state index is 4.40. The number of nitrogens with zero attached hydrogens (tertiary/aromatic N) is 2. The molecular formula is C14H26N4.